The molecule has 2 heterocycles. The van der Waals surface area contributed by atoms with Crippen LogP contribution < -0.4 is 10.6 Å². The fourth-order valence-corrected chi connectivity index (χ4v) is 4.69. The Morgan fingerprint density at radius 3 is 2.62 bits per heavy atom. The number of fused-ring (bicyclic) bond motifs is 1. The minimum Gasteiger partial charge on any atom is -0.457 e. The average molecular weight is 597 g/mol. The number of amides is 1. The highest BCUT2D eigenvalue weighted by molar-refractivity contribution is 7.80. The molecule has 0 saturated heterocycles. The number of hydrogen-bond acceptors (Lipinski definition) is 5. The van der Waals surface area contributed by atoms with E-state index in [4.69, 9.17) is 55.9 Å². The van der Waals surface area contributed by atoms with Crippen molar-refractivity contribution in [3.8, 4) is 22.8 Å². The Labute approximate surface area is 244 Å². The number of oxazole rings is 1. The number of furan rings is 1. The van der Waals surface area contributed by atoms with Crippen molar-refractivity contribution >= 4 is 80.9 Å². The summed E-state index contributed by atoms with van der Waals surface area (Å²) in [6.07, 6.45) is 3.74. The second-order valence-corrected chi connectivity index (χ2v) is 10.1. The molecule has 0 aliphatic rings. The van der Waals surface area contributed by atoms with Crippen LogP contribution in [0, 0.1) is 0 Å². The highest BCUT2D eigenvalue weighted by atomic mass is 35.5. The smallest absolute Gasteiger partial charge is 0.250 e. The molecule has 5 rings (SSSR count). The largest absolute Gasteiger partial charge is 0.457 e. The van der Waals surface area contributed by atoms with Gasteiger partial charge < -0.3 is 14.2 Å². The zero-order chi connectivity index (χ0) is 27.5. The summed E-state index contributed by atoms with van der Waals surface area (Å²) < 4.78 is 11.7. The molecule has 5 aromatic rings. The molecule has 0 saturated carbocycles. The first-order valence-electron chi connectivity index (χ1n) is 11.8. The predicted molar refractivity (Wildman–Crippen MR) is 161 cm³/mol. The standard InChI is InChI=1S/C29H20Cl3N3O3S/c1-2-16-3-10-26-24(13-16)33-28(38-26)17-4-9-21(31)23(14-17)34-29(39)35-27(36)12-7-19-6-11-25(37-19)20-8-5-18(30)15-22(20)32/h3-15H,2H2,1H3,(H2,34,35,36,39)/b12-7+. The topological polar surface area (TPSA) is 80.3 Å². The number of halogens is 3. The van der Waals surface area contributed by atoms with E-state index >= 15 is 0 Å². The fourth-order valence-electron chi connectivity index (χ4n) is 3.81. The van der Waals surface area contributed by atoms with Gasteiger partial charge in [-0.2, -0.15) is 0 Å². The number of anilines is 1. The molecule has 39 heavy (non-hydrogen) atoms. The number of thiocarbonyl (C=S) groups is 1. The zero-order valence-corrected chi connectivity index (χ0v) is 23.5. The van der Waals surface area contributed by atoms with Crippen molar-refractivity contribution in [1.82, 2.24) is 10.3 Å². The molecule has 0 bridgehead atoms. The van der Waals surface area contributed by atoms with Crippen LogP contribution in [-0.2, 0) is 11.2 Å². The van der Waals surface area contributed by atoms with Crippen molar-refractivity contribution in [1.29, 1.82) is 0 Å². The van der Waals surface area contributed by atoms with Gasteiger partial charge >= 0.3 is 0 Å². The van der Waals surface area contributed by atoms with Crippen LogP contribution in [0.1, 0.15) is 18.2 Å². The molecule has 10 heteroatoms. The van der Waals surface area contributed by atoms with E-state index in [0.717, 1.165) is 11.9 Å². The normalized spacial score (nSPS) is 11.3. The first-order chi connectivity index (χ1) is 18.8. The van der Waals surface area contributed by atoms with Crippen LogP contribution in [0.25, 0.3) is 40.0 Å². The number of rotatable bonds is 6. The molecule has 0 aliphatic carbocycles. The monoisotopic (exact) mass is 595 g/mol. The lowest BCUT2D eigenvalue weighted by Crippen LogP contribution is -2.32. The van der Waals surface area contributed by atoms with Crippen LogP contribution in [0.15, 0.2) is 81.6 Å². The summed E-state index contributed by atoms with van der Waals surface area (Å²) in [6.45, 7) is 2.09. The molecular weight excluding hydrogens is 577 g/mol. The number of nitrogens with zero attached hydrogens (tertiary/aromatic N) is 1. The van der Waals surface area contributed by atoms with E-state index in [0.29, 0.717) is 54.9 Å². The van der Waals surface area contributed by atoms with Crippen LogP contribution in [0.3, 0.4) is 0 Å². The Morgan fingerprint density at radius 2 is 1.82 bits per heavy atom. The van der Waals surface area contributed by atoms with Gasteiger partial charge in [0.05, 0.1) is 15.7 Å². The summed E-state index contributed by atoms with van der Waals surface area (Å²) in [6, 6.07) is 19.8. The number of carbonyl (C=O) groups excluding carboxylic acids is 1. The van der Waals surface area contributed by atoms with Gasteiger partial charge in [-0.05, 0) is 90.9 Å². The Morgan fingerprint density at radius 1 is 0.974 bits per heavy atom. The van der Waals surface area contributed by atoms with E-state index in [-0.39, 0.29) is 5.11 Å². The first kappa shape index (κ1) is 27.0. The van der Waals surface area contributed by atoms with Crippen LogP contribution in [-0.4, -0.2) is 16.0 Å². The maximum absolute atomic E-state index is 12.4. The summed E-state index contributed by atoms with van der Waals surface area (Å²) in [7, 11) is 0. The number of benzene rings is 3. The summed E-state index contributed by atoms with van der Waals surface area (Å²) in [5, 5.41) is 7.03. The van der Waals surface area contributed by atoms with Gasteiger partial charge in [-0.3, -0.25) is 10.1 Å². The molecule has 0 spiro atoms. The lowest BCUT2D eigenvalue weighted by Gasteiger charge is -2.10. The van der Waals surface area contributed by atoms with E-state index < -0.39 is 5.91 Å². The van der Waals surface area contributed by atoms with Crippen molar-refractivity contribution in [2.75, 3.05) is 5.32 Å². The van der Waals surface area contributed by atoms with Crippen molar-refractivity contribution in [3.63, 3.8) is 0 Å². The highest BCUT2D eigenvalue weighted by Gasteiger charge is 2.13. The van der Waals surface area contributed by atoms with Crippen molar-refractivity contribution in [2.24, 2.45) is 0 Å². The Kier molecular flexibility index (Phi) is 8.04. The van der Waals surface area contributed by atoms with Crippen LogP contribution in [0.4, 0.5) is 5.69 Å². The van der Waals surface area contributed by atoms with Gasteiger partial charge in [-0.15, -0.1) is 0 Å². The SMILES string of the molecule is CCc1ccc2oc(-c3ccc(Cl)c(NC(=S)NC(=O)/C=C/c4ccc(-c5ccc(Cl)cc5Cl)o4)c3)nc2c1. The van der Waals surface area contributed by atoms with E-state index in [2.05, 4.69) is 22.5 Å². The van der Waals surface area contributed by atoms with Gasteiger partial charge in [0.25, 0.3) is 0 Å². The molecule has 3 aromatic carbocycles. The van der Waals surface area contributed by atoms with Crippen LogP contribution >= 0.6 is 47.0 Å². The zero-order valence-electron chi connectivity index (χ0n) is 20.4. The van der Waals surface area contributed by atoms with Crippen molar-refractivity contribution < 1.29 is 13.6 Å². The van der Waals surface area contributed by atoms with Gasteiger partial charge in [-0.1, -0.05) is 47.8 Å². The minimum absolute atomic E-state index is 0.0712. The van der Waals surface area contributed by atoms with Crippen molar-refractivity contribution in [3.05, 3.63) is 99.2 Å². The fraction of sp³-hybridized carbons (Fsp3) is 0.0690. The number of hydrogen-bond donors (Lipinski definition) is 2. The van der Waals surface area contributed by atoms with Gasteiger partial charge in [0.2, 0.25) is 11.8 Å². The summed E-state index contributed by atoms with van der Waals surface area (Å²) >= 11 is 23.9. The molecule has 2 aromatic heterocycles. The second kappa shape index (κ2) is 11.6. The third kappa shape index (κ3) is 6.34. The first-order valence-corrected chi connectivity index (χ1v) is 13.4. The lowest BCUT2D eigenvalue weighted by molar-refractivity contribution is -0.115. The quantitative estimate of drug-likeness (QED) is 0.151. The van der Waals surface area contributed by atoms with E-state index in [1.807, 2.05) is 18.2 Å². The Bertz CT molecular complexity index is 1740. The molecule has 6 nitrogen and oxygen atoms in total. The maximum atomic E-state index is 12.4. The van der Waals surface area contributed by atoms with E-state index in [9.17, 15) is 4.79 Å². The number of carbonyl (C=O) groups is 1. The van der Waals surface area contributed by atoms with Gasteiger partial charge in [0.1, 0.15) is 17.0 Å². The van der Waals surface area contributed by atoms with Gasteiger partial charge in [0.15, 0.2) is 10.7 Å². The number of nitrogens with one attached hydrogen (secondary N) is 2. The number of aromatic nitrogens is 1. The molecule has 196 valence electrons. The summed E-state index contributed by atoms with van der Waals surface area (Å²) in [5.74, 6) is 1.01. The van der Waals surface area contributed by atoms with Gasteiger partial charge in [-0.25, -0.2) is 4.98 Å². The maximum Gasteiger partial charge on any atom is 0.250 e. The Balaban J connectivity index is 1.24. The van der Waals surface area contributed by atoms with Crippen molar-refractivity contribution in [2.45, 2.75) is 13.3 Å². The number of aryl methyl sites for hydroxylation is 1. The molecule has 0 unspecified atom stereocenters. The highest BCUT2D eigenvalue weighted by Crippen LogP contribution is 2.32. The third-order valence-corrected chi connectivity index (χ3v) is 6.86. The predicted octanol–water partition coefficient (Wildman–Crippen LogP) is 8.80. The molecular formula is C29H20Cl3N3O3S. The summed E-state index contributed by atoms with van der Waals surface area (Å²) in [4.78, 5) is 17.1. The lowest BCUT2D eigenvalue weighted by atomic mass is 10.1. The van der Waals surface area contributed by atoms with Crippen LogP contribution in [0.2, 0.25) is 15.1 Å². The van der Waals surface area contributed by atoms with E-state index in [1.165, 1.54) is 17.7 Å². The third-order valence-electron chi connectivity index (χ3n) is 5.78. The molecule has 0 radical (unpaired) electrons. The average Bonchev–Trinajstić information content (AvgIpc) is 3.55. The molecule has 0 aliphatic heterocycles. The van der Waals surface area contributed by atoms with E-state index in [1.54, 1.807) is 48.5 Å². The minimum atomic E-state index is -0.451. The van der Waals surface area contributed by atoms with Crippen LogP contribution in [0.5, 0.6) is 0 Å². The summed E-state index contributed by atoms with van der Waals surface area (Å²) in [5.41, 5.74) is 4.55. The second-order valence-electron chi connectivity index (χ2n) is 8.47. The Hall–Kier alpha value is -3.62. The van der Waals surface area contributed by atoms with Gasteiger partial charge in [0, 0.05) is 22.2 Å². The molecule has 2 N–H and O–H groups in total. The molecule has 1 amide bonds. The molecule has 0 fully saturated rings. The molecule has 0 atom stereocenters.